The van der Waals surface area contributed by atoms with E-state index in [0.29, 0.717) is 6.04 Å². The van der Waals surface area contributed by atoms with Crippen LogP contribution in [-0.4, -0.2) is 35.2 Å². The second kappa shape index (κ2) is 9.17. The summed E-state index contributed by atoms with van der Waals surface area (Å²) in [4.78, 5) is 2.53. The summed E-state index contributed by atoms with van der Waals surface area (Å²) in [5.74, 6) is 0. The summed E-state index contributed by atoms with van der Waals surface area (Å²) in [6.07, 6.45) is 5.77. The first kappa shape index (κ1) is 14.9. The Hall–Kier alpha value is -0.0800. The second-order valence-corrected chi connectivity index (χ2v) is 4.68. The van der Waals surface area contributed by atoms with Crippen molar-refractivity contribution in [1.82, 2.24) is 4.90 Å². The van der Waals surface area contributed by atoms with Crippen LogP contribution in [0.4, 0.5) is 0 Å². The summed E-state index contributed by atoms with van der Waals surface area (Å²) in [6, 6.07) is 0.517. The van der Waals surface area contributed by atoms with Crippen LogP contribution < -0.4 is 0 Å². The highest BCUT2D eigenvalue weighted by Crippen LogP contribution is 2.10. The topological polar surface area (TPSA) is 23.5 Å². The van der Waals surface area contributed by atoms with Gasteiger partial charge in [-0.05, 0) is 46.2 Å². The van der Waals surface area contributed by atoms with Crippen molar-refractivity contribution in [1.29, 1.82) is 0 Å². The van der Waals surface area contributed by atoms with Gasteiger partial charge in [-0.25, -0.2) is 0 Å². The minimum Gasteiger partial charge on any atom is -0.393 e. The molecular weight excluding hydrogens is 186 g/mol. The van der Waals surface area contributed by atoms with Crippen molar-refractivity contribution < 1.29 is 5.11 Å². The molecule has 0 rings (SSSR count). The van der Waals surface area contributed by atoms with Gasteiger partial charge in [-0.1, -0.05) is 26.7 Å². The third-order valence-electron chi connectivity index (χ3n) is 2.90. The molecule has 1 N–H and O–H groups in total. The first-order valence-electron chi connectivity index (χ1n) is 6.53. The summed E-state index contributed by atoms with van der Waals surface area (Å²) in [5, 5.41) is 9.40. The molecule has 0 aromatic rings. The number of rotatable bonds is 9. The van der Waals surface area contributed by atoms with E-state index in [4.69, 9.17) is 0 Å². The summed E-state index contributed by atoms with van der Waals surface area (Å²) < 4.78 is 0. The molecule has 0 bridgehead atoms. The molecule has 15 heavy (non-hydrogen) atoms. The molecule has 2 unspecified atom stereocenters. The zero-order valence-electron chi connectivity index (χ0n) is 11.0. The molecule has 0 aliphatic heterocycles. The van der Waals surface area contributed by atoms with Gasteiger partial charge >= 0.3 is 0 Å². The van der Waals surface area contributed by atoms with Crippen molar-refractivity contribution in [2.75, 3.05) is 13.1 Å². The minimum atomic E-state index is -0.175. The molecule has 0 saturated heterocycles. The predicted molar refractivity (Wildman–Crippen MR) is 67.1 cm³/mol. The van der Waals surface area contributed by atoms with Gasteiger partial charge < -0.3 is 10.0 Å². The molecule has 0 amide bonds. The summed E-state index contributed by atoms with van der Waals surface area (Å²) in [7, 11) is 0. The maximum atomic E-state index is 9.40. The van der Waals surface area contributed by atoms with E-state index in [9.17, 15) is 5.11 Å². The van der Waals surface area contributed by atoms with Gasteiger partial charge in [0, 0.05) is 6.04 Å². The van der Waals surface area contributed by atoms with Gasteiger partial charge in [0.05, 0.1) is 6.10 Å². The van der Waals surface area contributed by atoms with E-state index in [2.05, 4.69) is 25.7 Å². The molecular formula is C13H29NO. The van der Waals surface area contributed by atoms with Crippen LogP contribution in [-0.2, 0) is 0 Å². The standard InChI is InChI=1S/C13H29NO/c1-5-7-9-14(10-8-6-2)12(3)11-13(4)15/h12-13,15H,5-11H2,1-4H3. The number of hydrogen-bond donors (Lipinski definition) is 1. The molecule has 2 nitrogen and oxygen atoms in total. The second-order valence-electron chi connectivity index (χ2n) is 4.68. The van der Waals surface area contributed by atoms with Gasteiger partial charge in [-0.15, -0.1) is 0 Å². The summed E-state index contributed by atoms with van der Waals surface area (Å²) in [5.41, 5.74) is 0. The van der Waals surface area contributed by atoms with E-state index in [1.807, 2.05) is 6.92 Å². The Labute approximate surface area is 95.7 Å². The quantitative estimate of drug-likeness (QED) is 0.639. The zero-order valence-corrected chi connectivity index (χ0v) is 11.0. The highest BCUT2D eigenvalue weighted by atomic mass is 16.3. The van der Waals surface area contributed by atoms with Crippen molar-refractivity contribution in [3.63, 3.8) is 0 Å². The fourth-order valence-electron chi connectivity index (χ4n) is 1.92. The predicted octanol–water partition coefficient (Wildman–Crippen LogP) is 3.05. The molecule has 0 aliphatic rings. The van der Waals surface area contributed by atoms with Crippen molar-refractivity contribution in [3.05, 3.63) is 0 Å². The minimum absolute atomic E-state index is 0.175. The maximum Gasteiger partial charge on any atom is 0.0526 e. The van der Waals surface area contributed by atoms with E-state index < -0.39 is 0 Å². The largest absolute Gasteiger partial charge is 0.393 e. The average molecular weight is 215 g/mol. The summed E-state index contributed by atoms with van der Waals surface area (Å²) >= 11 is 0. The van der Waals surface area contributed by atoms with Crippen molar-refractivity contribution in [3.8, 4) is 0 Å². The van der Waals surface area contributed by atoms with E-state index in [-0.39, 0.29) is 6.10 Å². The summed E-state index contributed by atoms with van der Waals surface area (Å²) in [6.45, 7) is 11.0. The third kappa shape index (κ3) is 7.80. The van der Waals surface area contributed by atoms with Crippen LogP contribution in [0.15, 0.2) is 0 Å². The molecule has 0 aromatic heterocycles. The Morgan fingerprint density at radius 3 is 1.80 bits per heavy atom. The normalized spacial score (nSPS) is 15.6. The number of aliphatic hydroxyl groups is 1. The Kier molecular flexibility index (Phi) is 9.12. The van der Waals surface area contributed by atoms with Crippen molar-refractivity contribution in [2.45, 2.75) is 71.9 Å². The Morgan fingerprint density at radius 1 is 1.00 bits per heavy atom. The van der Waals surface area contributed by atoms with E-state index >= 15 is 0 Å². The van der Waals surface area contributed by atoms with E-state index in [0.717, 1.165) is 6.42 Å². The van der Waals surface area contributed by atoms with Gasteiger partial charge in [-0.3, -0.25) is 0 Å². The van der Waals surface area contributed by atoms with Crippen LogP contribution in [0.1, 0.15) is 59.8 Å². The van der Waals surface area contributed by atoms with E-state index in [1.165, 1.54) is 38.8 Å². The van der Waals surface area contributed by atoms with Crippen LogP contribution >= 0.6 is 0 Å². The van der Waals surface area contributed by atoms with Gasteiger partial charge in [0.15, 0.2) is 0 Å². The van der Waals surface area contributed by atoms with Gasteiger partial charge in [0.1, 0.15) is 0 Å². The molecule has 0 spiro atoms. The molecule has 0 radical (unpaired) electrons. The lowest BCUT2D eigenvalue weighted by Gasteiger charge is -2.29. The lowest BCUT2D eigenvalue weighted by Crippen LogP contribution is -2.36. The molecule has 92 valence electrons. The SMILES string of the molecule is CCCCN(CCCC)C(C)CC(C)O. The number of aliphatic hydroxyl groups excluding tert-OH is 1. The lowest BCUT2D eigenvalue weighted by atomic mass is 10.1. The van der Waals surface area contributed by atoms with Crippen LogP contribution in [0.5, 0.6) is 0 Å². The van der Waals surface area contributed by atoms with Crippen molar-refractivity contribution in [2.24, 2.45) is 0 Å². The van der Waals surface area contributed by atoms with Crippen LogP contribution in [0, 0.1) is 0 Å². The molecule has 2 heteroatoms. The molecule has 0 aliphatic carbocycles. The van der Waals surface area contributed by atoms with Gasteiger partial charge in [0.2, 0.25) is 0 Å². The monoisotopic (exact) mass is 215 g/mol. The number of nitrogens with zero attached hydrogens (tertiary/aromatic N) is 1. The number of hydrogen-bond acceptors (Lipinski definition) is 2. The van der Waals surface area contributed by atoms with Gasteiger partial charge in [0.25, 0.3) is 0 Å². The fraction of sp³-hybridized carbons (Fsp3) is 1.00. The Balaban J connectivity index is 3.95. The third-order valence-corrected chi connectivity index (χ3v) is 2.90. The van der Waals surface area contributed by atoms with Crippen molar-refractivity contribution >= 4 is 0 Å². The van der Waals surface area contributed by atoms with Crippen LogP contribution in [0.25, 0.3) is 0 Å². The molecule has 0 aromatic carbocycles. The van der Waals surface area contributed by atoms with Crippen LogP contribution in [0.3, 0.4) is 0 Å². The Bertz CT molecular complexity index is 128. The zero-order chi connectivity index (χ0) is 11.7. The highest BCUT2D eigenvalue weighted by molar-refractivity contribution is 4.69. The smallest absolute Gasteiger partial charge is 0.0526 e. The maximum absolute atomic E-state index is 9.40. The average Bonchev–Trinajstić information content (AvgIpc) is 2.17. The Morgan fingerprint density at radius 2 is 1.47 bits per heavy atom. The first-order chi connectivity index (χ1) is 7.11. The molecule has 0 heterocycles. The first-order valence-corrected chi connectivity index (χ1v) is 6.53. The molecule has 0 saturated carbocycles. The van der Waals surface area contributed by atoms with Crippen LogP contribution in [0.2, 0.25) is 0 Å². The fourth-order valence-corrected chi connectivity index (χ4v) is 1.92. The van der Waals surface area contributed by atoms with E-state index in [1.54, 1.807) is 0 Å². The number of unbranched alkanes of at least 4 members (excludes halogenated alkanes) is 2. The molecule has 0 fully saturated rings. The molecule has 2 atom stereocenters. The highest BCUT2D eigenvalue weighted by Gasteiger charge is 2.14. The van der Waals surface area contributed by atoms with Gasteiger partial charge in [-0.2, -0.15) is 0 Å². The lowest BCUT2D eigenvalue weighted by molar-refractivity contribution is 0.117.